The Kier molecular flexibility index (Phi) is 8.35. The Hall–Kier alpha value is -7.08. The molecule has 1 aliphatic heterocycles. The van der Waals surface area contributed by atoms with E-state index in [2.05, 4.69) is 152 Å². The maximum Gasteiger partial charge on any atom is 0.160 e. The van der Waals surface area contributed by atoms with Crippen LogP contribution >= 0.6 is 11.3 Å². The van der Waals surface area contributed by atoms with Crippen molar-refractivity contribution in [2.75, 3.05) is 4.90 Å². The molecule has 56 heavy (non-hydrogen) atoms. The number of hydrogen-bond donors (Lipinski definition) is 0. The lowest BCUT2D eigenvalue weighted by atomic mass is 9.97. The van der Waals surface area contributed by atoms with E-state index in [1.54, 1.807) is 11.3 Å². The van der Waals surface area contributed by atoms with E-state index in [0.29, 0.717) is 5.82 Å². The van der Waals surface area contributed by atoms with Gasteiger partial charge in [0, 0.05) is 43.6 Å². The molecule has 3 heterocycles. The Balaban J connectivity index is 1.05. The Bertz CT molecular complexity index is 2890. The molecule has 0 radical (unpaired) electrons. The van der Waals surface area contributed by atoms with Gasteiger partial charge in [0.25, 0.3) is 0 Å². The van der Waals surface area contributed by atoms with E-state index in [4.69, 9.17) is 14.7 Å². The summed E-state index contributed by atoms with van der Waals surface area (Å²) in [6.45, 7) is 6.30. The van der Waals surface area contributed by atoms with Gasteiger partial charge in [-0.2, -0.15) is 0 Å². The summed E-state index contributed by atoms with van der Waals surface area (Å²) >= 11 is 1.79. The average Bonchev–Trinajstić information content (AvgIpc) is 3.64. The summed E-state index contributed by atoms with van der Waals surface area (Å²) in [5, 5.41) is 3.44. The summed E-state index contributed by atoms with van der Waals surface area (Å²) in [4.78, 5) is 13.5. The van der Waals surface area contributed by atoms with Gasteiger partial charge in [-0.15, -0.1) is 11.3 Å². The van der Waals surface area contributed by atoms with Crippen LogP contribution in [0.25, 0.3) is 78.0 Å². The molecule has 9 aromatic rings. The zero-order valence-corrected chi connectivity index (χ0v) is 31.5. The number of aromatic nitrogens is 2. The molecule has 0 fully saturated rings. The molecule has 10 rings (SSSR count). The number of para-hydroxylation sites is 2. The number of rotatable bonds is 7. The van der Waals surface area contributed by atoms with Crippen LogP contribution in [-0.4, -0.2) is 9.97 Å². The van der Waals surface area contributed by atoms with Crippen molar-refractivity contribution in [1.82, 2.24) is 9.97 Å². The van der Waals surface area contributed by atoms with Crippen molar-refractivity contribution >= 4 is 61.4 Å². The van der Waals surface area contributed by atoms with E-state index < -0.39 is 0 Å². The van der Waals surface area contributed by atoms with E-state index >= 15 is 0 Å². The van der Waals surface area contributed by atoms with Gasteiger partial charge in [-0.25, -0.2) is 9.97 Å². The highest BCUT2D eigenvalue weighted by Gasteiger charge is 2.32. The van der Waals surface area contributed by atoms with Crippen molar-refractivity contribution in [2.45, 2.75) is 6.92 Å². The van der Waals surface area contributed by atoms with Gasteiger partial charge in [0.05, 0.1) is 21.8 Å². The predicted octanol–water partition coefficient (Wildman–Crippen LogP) is 14.8. The first-order valence-electron chi connectivity index (χ1n) is 18.7. The van der Waals surface area contributed by atoms with E-state index in [0.717, 1.165) is 84.1 Å². The SMILES string of the molecule is C=Cc1c(/C=C\C)sc2c3c(c4ccccc4c12)Oc1ccccc1N3c1ccc(-c2ccc(-c3cc(-c4ccccc4)nc(-c4ccccc4)n3)cc2)cc1. The van der Waals surface area contributed by atoms with E-state index in [9.17, 15) is 0 Å². The van der Waals surface area contributed by atoms with Gasteiger partial charge >= 0.3 is 0 Å². The molecular weight excluding hydrogens is 703 g/mol. The molecule has 0 N–H and O–H groups in total. The minimum Gasteiger partial charge on any atom is -0.452 e. The van der Waals surface area contributed by atoms with Crippen molar-refractivity contribution in [3.8, 4) is 56.5 Å². The Morgan fingerprint density at radius 1 is 0.607 bits per heavy atom. The van der Waals surface area contributed by atoms with Gasteiger partial charge in [0.2, 0.25) is 0 Å². The smallest absolute Gasteiger partial charge is 0.160 e. The number of anilines is 3. The molecule has 0 atom stereocenters. The van der Waals surface area contributed by atoms with Crippen molar-refractivity contribution in [3.63, 3.8) is 0 Å². The highest BCUT2D eigenvalue weighted by atomic mass is 32.1. The second-order valence-corrected chi connectivity index (χ2v) is 14.8. The molecule has 5 heteroatoms. The zero-order chi connectivity index (χ0) is 37.6. The molecule has 0 unspecified atom stereocenters. The second kappa shape index (κ2) is 14.0. The maximum atomic E-state index is 6.81. The van der Waals surface area contributed by atoms with Crippen LogP contribution in [-0.2, 0) is 0 Å². The summed E-state index contributed by atoms with van der Waals surface area (Å²) in [5.74, 6) is 2.40. The lowest BCUT2D eigenvalue weighted by molar-refractivity contribution is 0.483. The van der Waals surface area contributed by atoms with Gasteiger partial charge in [-0.3, -0.25) is 0 Å². The maximum absolute atomic E-state index is 6.81. The molecule has 2 aromatic heterocycles. The van der Waals surface area contributed by atoms with Crippen LogP contribution in [0.3, 0.4) is 0 Å². The van der Waals surface area contributed by atoms with Crippen LogP contribution in [0, 0.1) is 0 Å². The predicted molar refractivity (Wildman–Crippen MR) is 236 cm³/mol. The Labute approximate surface area is 330 Å². The van der Waals surface area contributed by atoms with Crippen LogP contribution in [0.5, 0.6) is 11.5 Å². The first-order chi connectivity index (χ1) is 27.7. The molecule has 0 amide bonds. The van der Waals surface area contributed by atoms with Gasteiger partial charge in [-0.1, -0.05) is 152 Å². The molecule has 4 nitrogen and oxygen atoms in total. The standard InChI is InChI=1S/C51H35N3OS/c1-3-15-46-39(4-2)47-40-20-11-12-21-41(40)49-48(50(47)56-46)54(44-22-13-14-23-45(44)55-49)38-30-28-34(29-31-38)33-24-26-36(27-25-33)43-32-42(35-16-7-5-8-17-35)52-51(53-43)37-18-9-6-10-19-37/h3-32H,2H2,1H3/b15-3-. The van der Waals surface area contributed by atoms with Crippen LogP contribution in [0.4, 0.5) is 17.1 Å². The van der Waals surface area contributed by atoms with Crippen molar-refractivity contribution in [2.24, 2.45) is 0 Å². The fourth-order valence-corrected chi connectivity index (χ4v) is 9.06. The lowest BCUT2D eigenvalue weighted by Gasteiger charge is -2.34. The fraction of sp³-hybridized carbons (Fsp3) is 0.0196. The third-order valence-corrected chi connectivity index (χ3v) is 11.6. The molecule has 7 aromatic carbocycles. The molecule has 1 aliphatic rings. The van der Waals surface area contributed by atoms with Gasteiger partial charge in [0.15, 0.2) is 17.3 Å². The molecule has 0 aliphatic carbocycles. The molecule has 0 bridgehead atoms. The molecule has 266 valence electrons. The van der Waals surface area contributed by atoms with Crippen molar-refractivity contribution in [1.29, 1.82) is 0 Å². The van der Waals surface area contributed by atoms with Crippen LogP contribution in [0.1, 0.15) is 17.4 Å². The number of ether oxygens (including phenoxy) is 1. The molecular formula is C51H35N3OS. The topological polar surface area (TPSA) is 38.2 Å². The third-order valence-electron chi connectivity index (χ3n) is 10.4. The zero-order valence-electron chi connectivity index (χ0n) is 30.7. The number of allylic oxidation sites excluding steroid dienone is 1. The van der Waals surface area contributed by atoms with Gasteiger partial charge in [-0.05, 0) is 59.8 Å². The van der Waals surface area contributed by atoms with Crippen molar-refractivity contribution < 1.29 is 4.74 Å². The summed E-state index contributed by atoms with van der Waals surface area (Å²) < 4.78 is 7.98. The van der Waals surface area contributed by atoms with Gasteiger partial charge < -0.3 is 9.64 Å². The first kappa shape index (κ1) is 33.5. The quantitative estimate of drug-likeness (QED) is 0.163. The fourth-order valence-electron chi connectivity index (χ4n) is 7.74. The normalized spacial score (nSPS) is 12.1. The number of nitrogens with zero attached hydrogens (tertiary/aromatic N) is 3. The highest BCUT2D eigenvalue weighted by molar-refractivity contribution is 7.21. The number of thiophene rings is 1. The molecule has 0 saturated carbocycles. The first-order valence-corrected chi connectivity index (χ1v) is 19.5. The lowest BCUT2D eigenvalue weighted by Crippen LogP contribution is -2.16. The van der Waals surface area contributed by atoms with E-state index in [1.807, 2.05) is 48.5 Å². The summed E-state index contributed by atoms with van der Waals surface area (Å²) in [6.07, 6.45) is 6.27. The molecule has 0 saturated heterocycles. The van der Waals surface area contributed by atoms with Crippen LogP contribution in [0.15, 0.2) is 176 Å². The van der Waals surface area contributed by atoms with Crippen LogP contribution < -0.4 is 9.64 Å². The Morgan fingerprint density at radius 3 is 1.86 bits per heavy atom. The Morgan fingerprint density at radius 2 is 1.18 bits per heavy atom. The number of hydrogen-bond acceptors (Lipinski definition) is 5. The third kappa shape index (κ3) is 5.69. The number of fused-ring (bicyclic) bond motifs is 7. The van der Waals surface area contributed by atoms with E-state index in [1.165, 1.54) is 15.0 Å². The summed E-state index contributed by atoms with van der Waals surface area (Å²) in [7, 11) is 0. The summed E-state index contributed by atoms with van der Waals surface area (Å²) in [5.41, 5.74) is 11.4. The second-order valence-electron chi connectivity index (χ2n) is 13.7. The van der Waals surface area contributed by atoms with E-state index in [-0.39, 0.29) is 0 Å². The van der Waals surface area contributed by atoms with Gasteiger partial charge in [0.1, 0.15) is 5.69 Å². The monoisotopic (exact) mass is 737 g/mol. The summed E-state index contributed by atoms with van der Waals surface area (Å²) in [6, 6.07) is 56.9. The molecule has 0 spiro atoms. The minimum atomic E-state index is 0.708. The highest BCUT2D eigenvalue weighted by Crippen LogP contribution is 2.58. The minimum absolute atomic E-state index is 0.708. The van der Waals surface area contributed by atoms with Crippen LogP contribution in [0.2, 0.25) is 0 Å². The number of benzene rings is 7. The largest absolute Gasteiger partial charge is 0.452 e. The average molecular weight is 738 g/mol. The van der Waals surface area contributed by atoms with Crippen molar-refractivity contribution in [3.05, 3.63) is 187 Å².